The molecule has 1 saturated heterocycles. The van der Waals surface area contributed by atoms with Crippen molar-refractivity contribution in [3.8, 4) is 0 Å². The second-order valence-corrected chi connectivity index (χ2v) is 6.07. The molecule has 8 nitrogen and oxygen atoms in total. The van der Waals surface area contributed by atoms with Crippen molar-refractivity contribution in [1.82, 2.24) is 15.2 Å². The summed E-state index contributed by atoms with van der Waals surface area (Å²) in [4.78, 5) is 44.1. The number of hydrogen-bond donors (Lipinski definition) is 1. The quantitative estimate of drug-likeness (QED) is 0.820. The van der Waals surface area contributed by atoms with Gasteiger partial charge in [0.25, 0.3) is 11.8 Å². The molecule has 0 aromatic heterocycles. The highest BCUT2D eigenvalue weighted by Crippen LogP contribution is 2.16. The molecule has 1 fully saturated rings. The number of amidine groups is 1. The Labute approximate surface area is 146 Å². The van der Waals surface area contributed by atoms with Gasteiger partial charge >= 0.3 is 0 Å². The van der Waals surface area contributed by atoms with E-state index in [9.17, 15) is 14.4 Å². The molecule has 0 bridgehead atoms. The van der Waals surface area contributed by atoms with Gasteiger partial charge in [-0.1, -0.05) is 18.2 Å². The summed E-state index contributed by atoms with van der Waals surface area (Å²) in [7, 11) is 0. The fourth-order valence-corrected chi connectivity index (χ4v) is 2.87. The maximum atomic E-state index is 12.8. The average molecular weight is 343 g/mol. The third kappa shape index (κ3) is 3.47. The summed E-state index contributed by atoms with van der Waals surface area (Å²) in [6, 6.07) is 8.44. The lowest BCUT2D eigenvalue weighted by Crippen LogP contribution is -2.60. The normalized spacial score (nSPS) is 20.9. The van der Waals surface area contributed by atoms with Crippen molar-refractivity contribution < 1.29 is 14.4 Å². The molecule has 132 valence electrons. The van der Waals surface area contributed by atoms with E-state index in [-0.39, 0.29) is 23.6 Å². The Morgan fingerprint density at radius 1 is 1.08 bits per heavy atom. The molecule has 3 amide bonds. The first-order valence-corrected chi connectivity index (χ1v) is 8.25. The minimum absolute atomic E-state index is 0.00898. The summed E-state index contributed by atoms with van der Waals surface area (Å²) in [6.45, 7) is 5.10. The Hall–Kier alpha value is -2.90. The van der Waals surface area contributed by atoms with Gasteiger partial charge in [0.15, 0.2) is 0 Å². The maximum absolute atomic E-state index is 12.8. The van der Waals surface area contributed by atoms with Crippen molar-refractivity contribution in [1.29, 1.82) is 0 Å². The summed E-state index contributed by atoms with van der Waals surface area (Å²) >= 11 is 0. The predicted octanol–water partition coefficient (Wildman–Crippen LogP) is 0.0155. The van der Waals surface area contributed by atoms with Crippen molar-refractivity contribution >= 4 is 29.2 Å². The van der Waals surface area contributed by atoms with E-state index < -0.39 is 6.04 Å². The molecule has 2 aliphatic heterocycles. The van der Waals surface area contributed by atoms with E-state index in [4.69, 9.17) is 0 Å². The number of aliphatic imine (C=N–C) groups is 1. The fraction of sp³-hybridized carbons (Fsp3) is 0.412. The van der Waals surface area contributed by atoms with E-state index in [0.29, 0.717) is 31.9 Å². The molecule has 2 aliphatic rings. The molecule has 0 aliphatic carbocycles. The molecule has 0 spiro atoms. The van der Waals surface area contributed by atoms with Crippen LogP contribution >= 0.6 is 0 Å². The van der Waals surface area contributed by atoms with Crippen LogP contribution in [0, 0.1) is 0 Å². The molecule has 1 atom stereocenters. The zero-order valence-corrected chi connectivity index (χ0v) is 14.3. The van der Waals surface area contributed by atoms with Crippen LogP contribution in [-0.2, 0) is 14.4 Å². The lowest BCUT2D eigenvalue weighted by Gasteiger charge is -2.36. The highest BCUT2D eigenvalue weighted by atomic mass is 16.2. The summed E-state index contributed by atoms with van der Waals surface area (Å²) in [5, 5.41) is 1.36. The van der Waals surface area contributed by atoms with E-state index in [1.807, 2.05) is 18.2 Å². The van der Waals surface area contributed by atoms with Gasteiger partial charge in [-0.3, -0.25) is 19.8 Å². The average Bonchev–Trinajstić information content (AvgIpc) is 2.64. The first kappa shape index (κ1) is 16.9. The fourth-order valence-electron chi connectivity index (χ4n) is 2.87. The van der Waals surface area contributed by atoms with Crippen molar-refractivity contribution in [2.24, 2.45) is 4.99 Å². The number of amides is 3. The van der Waals surface area contributed by atoms with Gasteiger partial charge in [0, 0.05) is 33.1 Å². The van der Waals surface area contributed by atoms with Crippen LogP contribution in [-0.4, -0.2) is 65.6 Å². The van der Waals surface area contributed by atoms with Crippen molar-refractivity contribution in [2.45, 2.75) is 19.9 Å². The summed E-state index contributed by atoms with van der Waals surface area (Å²) in [5.41, 5.74) is 3.50. The zero-order chi connectivity index (χ0) is 18.0. The highest BCUT2D eigenvalue weighted by molar-refractivity contribution is 6.39. The van der Waals surface area contributed by atoms with Crippen LogP contribution in [0.15, 0.2) is 35.3 Å². The number of hydrogen-bond acceptors (Lipinski definition) is 5. The molecule has 2 heterocycles. The van der Waals surface area contributed by atoms with Gasteiger partial charge in [-0.05, 0) is 19.1 Å². The molecule has 0 radical (unpaired) electrons. The van der Waals surface area contributed by atoms with Gasteiger partial charge in [0.1, 0.15) is 6.04 Å². The second kappa shape index (κ2) is 6.92. The van der Waals surface area contributed by atoms with E-state index in [0.717, 1.165) is 0 Å². The van der Waals surface area contributed by atoms with E-state index in [2.05, 4.69) is 10.4 Å². The van der Waals surface area contributed by atoms with Crippen LogP contribution in [0.25, 0.3) is 0 Å². The number of rotatable bonds is 2. The highest BCUT2D eigenvalue weighted by Gasteiger charge is 2.33. The van der Waals surface area contributed by atoms with E-state index in [1.165, 1.54) is 11.9 Å². The van der Waals surface area contributed by atoms with Gasteiger partial charge in [-0.25, -0.2) is 10.0 Å². The van der Waals surface area contributed by atoms with Crippen molar-refractivity contribution in [2.75, 3.05) is 31.2 Å². The smallest absolute Gasteiger partial charge is 0.290 e. The Morgan fingerprint density at radius 2 is 1.68 bits per heavy atom. The van der Waals surface area contributed by atoms with Crippen LogP contribution in [0.1, 0.15) is 13.8 Å². The lowest BCUT2D eigenvalue weighted by molar-refractivity contribution is -0.135. The molecule has 1 N–H and O–H groups in total. The molecule has 3 rings (SSSR count). The number of carbonyl (C=O) groups is 3. The Bertz CT molecular complexity index is 710. The molecule has 0 saturated carbocycles. The first-order valence-electron chi connectivity index (χ1n) is 8.25. The largest absolute Gasteiger partial charge is 0.339 e. The van der Waals surface area contributed by atoms with Crippen molar-refractivity contribution in [3.63, 3.8) is 0 Å². The summed E-state index contributed by atoms with van der Waals surface area (Å²) < 4.78 is 0. The molecular formula is C17H21N5O3. The van der Waals surface area contributed by atoms with Gasteiger partial charge in [-0.15, -0.1) is 0 Å². The Balaban J connectivity index is 1.73. The number of benzene rings is 1. The molecule has 1 aromatic carbocycles. The number of carbonyl (C=O) groups excluding carboxylic acids is 3. The van der Waals surface area contributed by atoms with Crippen LogP contribution in [0.2, 0.25) is 0 Å². The summed E-state index contributed by atoms with van der Waals surface area (Å²) in [5.74, 6) is -0.324. The van der Waals surface area contributed by atoms with Crippen LogP contribution in [0.5, 0.6) is 0 Å². The Kier molecular flexibility index (Phi) is 4.69. The van der Waals surface area contributed by atoms with Gasteiger partial charge in [-0.2, -0.15) is 0 Å². The third-order valence-electron chi connectivity index (χ3n) is 4.35. The summed E-state index contributed by atoms with van der Waals surface area (Å²) in [6.07, 6.45) is 0. The van der Waals surface area contributed by atoms with E-state index in [1.54, 1.807) is 28.9 Å². The molecule has 25 heavy (non-hydrogen) atoms. The predicted molar refractivity (Wildman–Crippen MR) is 92.8 cm³/mol. The number of nitrogens with zero attached hydrogens (tertiary/aromatic N) is 4. The number of anilines is 1. The number of piperazine rings is 1. The molecule has 0 unspecified atom stereocenters. The third-order valence-corrected chi connectivity index (χ3v) is 4.35. The molecule has 1 aromatic rings. The zero-order valence-electron chi connectivity index (χ0n) is 14.3. The Morgan fingerprint density at radius 3 is 2.28 bits per heavy atom. The van der Waals surface area contributed by atoms with E-state index >= 15 is 0 Å². The van der Waals surface area contributed by atoms with Crippen LogP contribution < -0.4 is 10.4 Å². The maximum Gasteiger partial charge on any atom is 0.290 e. The lowest BCUT2D eigenvalue weighted by atomic mass is 10.2. The van der Waals surface area contributed by atoms with Crippen LogP contribution in [0.3, 0.4) is 0 Å². The van der Waals surface area contributed by atoms with Gasteiger partial charge in [0.2, 0.25) is 11.7 Å². The van der Waals surface area contributed by atoms with Crippen molar-refractivity contribution in [3.05, 3.63) is 30.3 Å². The number of nitrogens with one attached hydrogen (secondary N) is 1. The second-order valence-electron chi connectivity index (χ2n) is 6.07. The standard InChI is InChI=1S/C17H21N5O3/c1-12-16(24)22(14-6-4-3-5-7-14)19-15(18-12)17(25)21-10-8-20(9-11-21)13(2)23/h3-7,12H,8-11H2,1-2H3,(H,18,19)/t12-/m0/s1. The SMILES string of the molecule is CC(=O)N1CCN(C(=O)C2=N[C@@H](C)C(=O)N(c3ccccc3)N2)CC1. The molecular weight excluding hydrogens is 322 g/mol. The van der Waals surface area contributed by atoms with Gasteiger partial charge in [0.05, 0.1) is 5.69 Å². The van der Waals surface area contributed by atoms with Crippen LogP contribution in [0.4, 0.5) is 5.69 Å². The monoisotopic (exact) mass is 343 g/mol. The number of para-hydroxylation sites is 1. The topological polar surface area (TPSA) is 85.3 Å². The minimum Gasteiger partial charge on any atom is -0.339 e. The first-order chi connectivity index (χ1) is 12.0. The van der Waals surface area contributed by atoms with Gasteiger partial charge < -0.3 is 9.80 Å². The molecule has 8 heteroatoms. The number of hydrazine groups is 1. The minimum atomic E-state index is -0.640.